The number of carbonyl (C=O) groups is 1. The maximum atomic E-state index is 12.3. The summed E-state index contributed by atoms with van der Waals surface area (Å²) in [6.45, 7) is 0. The molecule has 1 amide bonds. The highest BCUT2D eigenvalue weighted by Crippen LogP contribution is 2.28. The minimum absolute atomic E-state index is 0.0123. The lowest BCUT2D eigenvalue weighted by molar-refractivity contribution is -0.115. The SMILES string of the molecule is COc1ccccc1NC(=O)Cc1noc(CSc2n[nH]c(CC3CCCC3)n2)n1. The van der Waals surface area contributed by atoms with Gasteiger partial charge in [-0.3, -0.25) is 9.89 Å². The molecular weight excluding hydrogens is 404 g/mol. The first-order chi connectivity index (χ1) is 14.7. The molecule has 1 aliphatic rings. The largest absolute Gasteiger partial charge is 0.495 e. The van der Waals surface area contributed by atoms with E-state index in [2.05, 4.69) is 30.6 Å². The van der Waals surface area contributed by atoms with E-state index in [1.54, 1.807) is 19.2 Å². The van der Waals surface area contributed by atoms with E-state index in [4.69, 9.17) is 9.26 Å². The summed E-state index contributed by atoms with van der Waals surface area (Å²) in [4.78, 5) is 21.1. The number of carbonyl (C=O) groups excluding carboxylic acids is 1. The van der Waals surface area contributed by atoms with Crippen LogP contribution >= 0.6 is 11.8 Å². The third-order valence-corrected chi connectivity index (χ3v) is 5.83. The third-order valence-electron chi connectivity index (χ3n) is 5.00. The molecule has 2 aromatic heterocycles. The molecule has 1 aliphatic carbocycles. The molecule has 0 saturated heterocycles. The van der Waals surface area contributed by atoms with Gasteiger partial charge in [-0.2, -0.15) is 4.98 Å². The highest BCUT2D eigenvalue weighted by atomic mass is 32.2. The average molecular weight is 429 g/mol. The number of para-hydroxylation sites is 2. The maximum Gasteiger partial charge on any atom is 0.237 e. The van der Waals surface area contributed by atoms with E-state index in [9.17, 15) is 4.79 Å². The molecule has 3 aromatic rings. The zero-order valence-electron chi connectivity index (χ0n) is 16.8. The summed E-state index contributed by atoms with van der Waals surface area (Å²) >= 11 is 1.43. The molecule has 0 spiro atoms. The number of amides is 1. The molecule has 1 saturated carbocycles. The molecule has 0 aliphatic heterocycles. The Morgan fingerprint density at radius 2 is 2.13 bits per heavy atom. The van der Waals surface area contributed by atoms with Crippen LogP contribution < -0.4 is 10.1 Å². The number of aromatic amines is 1. The molecule has 1 fully saturated rings. The lowest BCUT2D eigenvalue weighted by Crippen LogP contribution is -2.15. The van der Waals surface area contributed by atoms with Crippen LogP contribution in [-0.2, 0) is 23.4 Å². The van der Waals surface area contributed by atoms with Gasteiger partial charge in [0.2, 0.25) is 17.0 Å². The van der Waals surface area contributed by atoms with Crippen molar-refractivity contribution in [3.63, 3.8) is 0 Å². The van der Waals surface area contributed by atoms with Gasteiger partial charge in [-0.25, -0.2) is 4.98 Å². The Kier molecular flexibility index (Phi) is 6.63. The number of thioether (sulfide) groups is 1. The van der Waals surface area contributed by atoms with Gasteiger partial charge in [0.25, 0.3) is 0 Å². The Balaban J connectivity index is 1.26. The summed E-state index contributed by atoms with van der Waals surface area (Å²) in [5.41, 5.74) is 0.599. The van der Waals surface area contributed by atoms with Gasteiger partial charge < -0.3 is 14.6 Å². The van der Waals surface area contributed by atoms with Gasteiger partial charge in [0, 0.05) is 6.42 Å². The second-order valence-electron chi connectivity index (χ2n) is 7.24. The fraction of sp³-hybridized carbons (Fsp3) is 0.450. The van der Waals surface area contributed by atoms with Crippen LogP contribution in [0.1, 0.15) is 43.2 Å². The molecular formula is C20H24N6O3S. The molecule has 2 heterocycles. The summed E-state index contributed by atoms with van der Waals surface area (Å²) in [6, 6.07) is 7.21. The first kappa shape index (κ1) is 20.4. The fourth-order valence-electron chi connectivity index (χ4n) is 3.55. The lowest BCUT2D eigenvalue weighted by Gasteiger charge is -2.08. The Morgan fingerprint density at radius 3 is 2.97 bits per heavy atom. The summed E-state index contributed by atoms with van der Waals surface area (Å²) in [6.07, 6.45) is 6.16. The van der Waals surface area contributed by atoms with Crippen molar-refractivity contribution in [1.29, 1.82) is 0 Å². The number of rotatable bonds is 9. The van der Waals surface area contributed by atoms with Gasteiger partial charge in [-0.15, -0.1) is 5.10 Å². The number of methoxy groups -OCH3 is 1. The molecule has 158 valence electrons. The van der Waals surface area contributed by atoms with Crippen molar-refractivity contribution in [2.24, 2.45) is 5.92 Å². The summed E-state index contributed by atoms with van der Waals surface area (Å²) < 4.78 is 10.5. The monoisotopic (exact) mass is 428 g/mol. The Labute approximate surface area is 178 Å². The van der Waals surface area contributed by atoms with Crippen molar-refractivity contribution in [3.8, 4) is 5.75 Å². The normalized spacial score (nSPS) is 14.2. The van der Waals surface area contributed by atoms with Gasteiger partial charge in [-0.05, 0) is 18.1 Å². The zero-order valence-corrected chi connectivity index (χ0v) is 17.6. The van der Waals surface area contributed by atoms with Gasteiger partial charge in [0.1, 0.15) is 11.6 Å². The number of nitrogens with one attached hydrogen (secondary N) is 2. The molecule has 0 bridgehead atoms. The minimum Gasteiger partial charge on any atom is -0.495 e. The molecule has 1 aromatic carbocycles. The summed E-state index contributed by atoms with van der Waals surface area (Å²) in [5, 5.41) is 14.6. The van der Waals surface area contributed by atoms with Crippen molar-refractivity contribution in [2.75, 3.05) is 12.4 Å². The molecule has 4 rings (SSSR count). The predicted octanol–water partition coefficient (Wildman–Crippen LogP) is 3.40. The number of ether oxygens (including phenoxy) is 1. The summed E-state index contributed by atoms with van der Waals surface area (Å²) in [7, 11) is 1.56. The molecule has 30 heavy (non-hydrogen) atoms. The number of nitrogens with zero attached hydrogens (tertiary/aromatic N) is 4. The van der Waals surface area contributed by atoms with Crippen molar-refractivity contribution in [2.45, 2.75) is 49.4 Å². The van der Waals surface area contributed by atoms with Crippen LogP contribution in [0.4, 0.5) is 5.69 Å². The number of anilines is 1. The summed E-state index contributed by atoms with van der Waals surface area (Å²) in [5.74, 6) is 3.21. The maximum absolute atomic E-state index is 12.3. The van der Waals surface area contributed by atoms with E-state index in [0.29, 0.717) is 34.1 Å². The number of H-pyrrole nitrogens is 1. The van der Waals surface area contributed by atoms with E-state index in [-0.39, 0.29) is 12.3 Å². The van der Waals surface area contributed by atoms with Gasteiger partial charge in [0.15, 0.2) is 5.82 Å². The molecule has 0 unspecified atom stereocenters. The van der Waals surface area contributed by atoms with Crippen LogP contribution in [0.25, 0.3) is 0 Å². The second-order valence-corrected chi connectivity index (χ2v) is 8.18. The van der Waals surface area contributed by atoms with Gasteiger partial charge in [-0.1, -0.05) is 54.7 Å². The van der Waals surface area contributed by atoms with Crippen LogP contribution in [0.5, 0.6) is 5.75 Å². The van der Waals surface area contributed by atoms with Crippen molar-refractivity contribution >= 4 is 23.4 Å². The number of aromatic nitrogens is 5. The highest BCUT2D eigenvalue weighted by Gasteiger charge is 2.18. The number of hydrogen-bond acceptors (Lipinski definition) is 8. The third kappa shape index (κ3) is 5.38. The molecule has 0 atom stereocenters. The number of benzene rings is 1. The van der Waals surface area contributed by atoms with E-state index in [0.717, 1.165) is 18.2 Å². The topological polar surface area (TPSA) is 119 Å². The number of hydrogen-bond donors (Lipinski definition) is 2. The molecule has 10 heteroatoms. The first-order valence-corrected chi connectivity index (χ1v) is 11.0. The minimum atomic E-state index is -0.245. The van der Waals surface area contributed by atoms with Crippen molar-refractivity contribution in [3.05, 3.63) is 41.8 Å². The van der Waals surface area contributed by atoms with E-state index in [1.807, 2.05) is 12.1 Å². The van der Waals surface area contributed by atoms with Crippen LogP contribution in [0.2, 0.25) is 0 Å². The van der Waals surface area contributed by atoms with Crippen molar-refractivity contribution < 1.29 is 14.1 Å². The Hall–Kier alpha value is -2.88. The van der Waals surface area contributed by atoms with Crippen LogP contribution in [0.15, 0.2) is 33.9 Å². The van der Waals surface area contributed by atoms with Crippen LogP contribution in [0, 0.1) is 5.92 Å². The Bertz CT molecular complexity index is 982. The fourth-order valence-corrected chi connectivity index (χ4v) is 4.21. The zero-order chi connectivity index (χ0) is 20.8. The standard InChI is InChI=1S/C20H24N6O3S/c1-28-15-9-5-4-8-14(15)21-18(27)11-17-22-19(29-26-17)12-30-20-23-16(24-25-20)10-13-6-2-3-7-13/h4-5,8-9,13H,2-3,6-7,10-12H2,1H3,(H,21,27)(H,23,24,25). The quantitative estimate of drug-likeness (QED) is 0.498. The average Bonchev–Trinajstić information content (AvgIpc) is 3.50. The smallest absolute Gasteiger partial charge is 0.237 e. The first-order valence-electron chi connectivity index (χ1n) is 9.98. The highest BCUT2D eigenvalue weighted by molar-refractivity contribution is 7.98. The lowest BCUT2D eigenvalue weighted by atomic mass is 10.0. The molecule has 9 nitrogen and oxygen atoms in total. The van der Waals surface area contributed by atoms with E-state index in [1.165, 1.54) is 37.4 Å². The van der Waals surface area contributed by atoms with Gasteiger partial charge >= 0.3 is 0 Å². The van der Waals surface area contributed by atoms with Crippen LogP contribution in [-0.4, -0.2) is 38.3 Å². The van der Waals surface area contributed by atoms with Gasteiger partial charge in [0.05, 0.1) is 25.0 Å². The van der Waals surface area contributed by atoms with E-state index >= 15 is 0 Å². The Morgan fingerprint density at radius 1 is 1.30 bits per heavy atom. The predicted molar refractivity (Wildman–Crippen MR) is 111 cm³/mol. The van der Waals surface area contributed by atoms with Crippen LogP contribution in [0.3, 0.4) is 0 Å². The molecule has 2 N–H and O–H groups in total. The molecule has 0 radical (unpaired) electrons. The van der Waals surface area contributed by atoms with Crippen molar-refractivity contribution in [1.82, 2.24) is 25.3 Å². The second kappa shape index (κ2) is 9.75. The van der Waals surface area contributed by atoms with E-state index < -0.39 is 0 Å².